The summed E-state index contributed by atoms with van der Waals surface area (Å²) >= 11 is 0. The van der Waals surface area contributed by atoms with E-state index in [0.29, 0.717) is 18.8 Å². The molecule has 5 N–H and O–H groups in total. The Hall–Kier alpha value is -3.63. The second-order valence-corrected chi connectivity index (χ2v) is 9.34. The molecule has 11 heteroatoms. The van der Waals surface area contributed by atoms with Gasteiger partial charge in [0.2, 0.25) is 0 Å². The third kappa shape index (κ3) is 13.9. The summed E-state index contributed by atoms with van der Waals surface area (Å²) in [4.78, 5) is 56.9. The molecule has 0 spiro atoms. The first-order chi connectivity index (χ1) is 17.4. The topological polar surface area (TPSA) is 196 Å². The second kappa shape index (κ2) is 16.2. The molecule has 2 unspecified atom stereocenters. The van der Waals surface area contributed by atoms with E-state index in [2.05, 4.69) is 0 Å². The minimum atomic E-state index is -1.17. The average molecular weight is 525 g/mol. The van der Waals surface area contributed by atoms with E-state index in [1.807, 2.05) is 6.92 Å². The van der Waals surface area contributed by atoms with E-state index in [-0.39, 0.29) is 38.5 Å². The third-order valence-corrected chi connectivity index (χ3v) is 6.28. The molecule has 11 nitrogen and oxygen atoms in total. The number of hydrogen-bond donors (Lipinski definition) is 5. The summed E-state index contributed by atoms with van der Waals surface area (Å²) < 4.78 is 5.43. The van der Waals surface area contributed by atoms with Crippen LogP contribution < -0.4 is 4.74 Å². The zero-order valence-corrected chi connectivity index (χ0v) is 20.9. The fourth-order valence-corrected chi connectivity index (χ4v) is 4.71. The second-order valence-electron chi connectivity index (χ2n) is 9.34. The van der Waals surface area contributed by atoms with Crippen molar-refractivity contribution < 1.29 is 54.2 Å². The Morgan fingerprint density at radius 1 is 0.649 bits per heavy atom. The lowest BCUT2D eigenvalue weighted by Gasteiger charge is -2.29. The van der Waals surface area contributed by atoms with Crippen molar-refractivity contribution in [2.24, 2.45) is 23.7 Å². The molecule has 0 aliphatic carbocycles. The van der Waals surface area contributed by atoms with Crippen LogP contribution in [0.1, 0.15) is 63.9 Å². The number of carboxylic acid groups (broad SMARTS) is 5. The quantitative estimate of drug-likeness (QED) is 0.167. The van der Waals surface area contributed by atoms with Gasteiger partial charge < -0.3 is 30.3 Å². The van der Waals surface area contributed by atoms with E-state index in [4.69, 9.17) is 14.9 Å². The maximum atomic E-state index is 11.6. The Bertz CT molecular complexity index is 878. The largest absolute Gasteiger partial charge is 0.494 e. The molecular formula is C26H36O11. The number of rotatable bonds is 20. The molecule has 2 atom stereocenters. The lowest BCUT2D eigenvalue weighted by atomic mass is 9.75. The highest BCUT2D eigenvalue weighted by Crippen LogP contribution is 2.34. The van der Waals surface area contributed by atoms with E-state index >= 15 is 0 Å². The number of aliphatic carboxylic acids is 5. The number of hydrogen-bond acceptors (Lipinski definition) is 6. The third-order valence-electron chi connectivity index (χ3n) is 6.28. The predicted octanol–water partition coefficient (Wildman–Crippen LogP) is 3.64. The lowest BCUT2D eigenvalue weighted by Crippen LogP contribution is -2.27. The van der Waals surface area contributed by atoms with Crippen molar-refractivity contribution in [3.05, 3.63) is 29.8 Å². The van der Waals surface area contributed by atoms with Crippen LogP contribution >= 0.6 is 0 Å². The molecule has 0 bridgehead atoms. The average Bonchev–Trinajstić information content (AvgIpc) is 2.76. The molecule has 1 aromatic rings. The van der Waals surface area contributed by atoms with Crippen molar-refractivity contribution in [3.63, 3.8) is 0 Å². The minimum Gasteiger partial charge on any atom is -0.494 e. The monoisotopic (exact) mass is 524 g/mol. The van der Waals surface area contributed by atoms with E-state index in [0.717, 1.165) is 5.56 Å². The van der Waals surface area contributed by atoms with Crippen LogP contribution in [0.25, 0.3) is 0 Å². The van der Waals surface area contributed by atoms with Crippen LogP contribution in [0, 0.1) is 23.7 Å². The Labute approximate surface area is 215 Å². The summed E-state index contributed by atoms with van der Waals surface area (Å²) in [6.07, 6.45) is -0.981. The Morgan fingerprint density at radius 3 is 1.51 bits per heavy atom. The van der Waals surface area contributed by atoms with Crippen LogP contribution in [0.3, 0.4) is 0 Å². The molecule has 1 aromatic carbocycles. The van der Waals surface area contributed by atoms with Crippen molar-refractivity contribution in [1.29, 1.82) is 0 Å². The van der Waals surface area contributed by atoms with Gasteiger partial charge in [0.15, 0.2) is 0 Å². The zero-order chi connectivity index (χ0) is 28.0. The summed E-state index contributed by atoms with van der Waals surface area (Å²) in [5, 5.41) is 46.5. The van der Waals surface area contributed by atoms with Gasteiger partial charge in [-0.1, -0.05) is 12.1 Å². The smallest absolute Gasteiger partial charge is 0.303 e. The highest BCUT2D eigenvalue weighted by Gasteiger charge is 2.30. The van der Waals surface area contributed by atoms with E-state index < -0.39 is 66.4 Å². The first-order valence-electron chi connectivity index (χ1n) is 12.2. The van der Waals surface area contributed by atoms with Gasteiger partial charge in [0, 0.05) is 32.1 Å². The van der Waals surface area contributed by atoms with Crippen molar-refractivity contribution >= 4 is 29.8 Å². The van der Waals surface area contributed by atoms with Crippen LogP contribution in [0.4, 0.5) is 0 Å². The van der Waals surface area contributed by atoms with Gasteiger partial charge in [0.1, 0.15) is 5.75 Å². The molecule has 0 fully saturated rings. The Morgan fingerprint density at radius 2 is 1.08 bits per heavy atom. The molecule has 0 amide bonds. The standard InChI is InChI=1S/C26H36O11/c1-2-37-21-7-5-16(6-8-21)9-19(20(14-25(33)34)15-26(35)36)10-17(11-22(27)28)3-4-18(12-23(29)30)13-24(31)32/h5-8,17-20H,2-4,9-15H2,1H3,(H,27,28)(H,29,30)(H,31,32)(H,33,34)(H,35,36). The van der Waals surface area contributed by atoms with Crippen LogP contribution in [0.5, 0.6) is 5.75 Å². The molecule has 0 saturated heterocycles. The van der Waals surface area contributed by atoms with Crippen molar-refractivity contribution in [2.75, 3.05) is 6.61 Å². The summed E-state index contributed by atoms with van der Waals surface area (Å²) in [5.74, 6) is -7.59. The van der Waals surface area contributed by atoms with Crippen LogP contribution in [-0.2, 0) is 30.4 Å². The highest BCUT2D eigenvalue weighted by atomic mass is 16.5. The van der Waals surface area contributed by atoms with Crippen LogP contribution in [0.2, 0.25) is 0 Å². The molecule has 0 saturated carbocycles. The van der Waals surface area contributed by atoms with E-state index in [9.17, 15) is 39.3 Å². The fraction of sp³-hybridized carbons (Fsp3) is 0.577. The van der Waals surface area contributed by atoms with Gasteiger partial charge >= 0.3 is 29.8 Å². The molecule has 0 aromatic heterocycles. The highest BCUT2D eigenvalue weighted by molar-refractivity contribution is 5.71. The van der Waals surface area contributed by atoms with Gasteiger partial charge in [-0.05, 0) is 74.0 Å². The summed E-state index contributed by atoms with van der Waals surface area (Å²) in [6.45, 7) is 2.31. The molecular weight excluding hydrogens is 488 g/mol. The SMILES string of the molecule is CCOc1ccc(CC(CC(CCC(CC(=O)O)CC(=O)O)CC(=O)O)C(CC(=O)O)CC(=O)O)cc1. The van der Waals surface area contributed by atoms with Crippen molar-refractivity contribution in [2.45, 2.75) is 64.7 Å². The molecule has 0 radical (unpaired) electrons. The van der Waals surface area contributed by atoms with E-state index in [1.54, 1.807) is 24.3 Å². The lowest BCUT2D eigenvalue weighted by molar-refractivity contribution is -0.143. The molecule has 206 valence electrons. The first kappa shape index (κ1) is 31.4. The number of carbonyl (C=O) groups is 5. The van der Waals surface area contributed by atoms with Gasteiger partial charge in [0.25, 0.3) is 0 Å². The Kier molecular flexibility index (Phi) is 13.7. The van der Waals surface area contributed by atoms with Gasteiger partial charge in [-0.2, -0.15) is 0 Å². The van der Waals surface area contributed by atoms with Crippen molar-refractivity contribution in [3.8, 4) is 5.75 Å². The van der Waals surface area contributed by atoms with Crippen LogP contribution in [0.15, 0.2) is 24.3 Å². The maximum Gasteiger partial charge on any atom is 0.303 e. The van der Waals surface area contributed by atoms with Gasteiger partial charge in [0.05, 0.1) is 6.61 Å². The number of benzene rings is 1. The molecule has 0 aliphatic heterocycles. The van der Waals surface area contributed by atoms with Crippen LogP contribution in [-0.4, -0.2) is 62.0 Å². The molecule has 1 rings (SSSR count). The predicted molar refractivity (Wildman–Crippen MR) is 130 cm³/mol. The normalized spacial score (nSPS) is 12.7. The number of ether oxygens (including phenoxy) is 1. The summed E-state index contributed by atoms with van der Waals surface area (Å²) in [5.41, 5.74) is 0.804. The number of carboxylic acids is 5. The fourth-order valence-electron chi connectivity index (χ4n) is 4.71. The molecule has 0 heterocycles. The summed E-state index contributed by atoms with van der Waals surface area (Å²) in [7, 11) is 0. The molecule has 37 heavy (non-hydrogen) atoms. The summed E-state index contributed by atoms with van der Waals surface area (Å²) in [6, 6.07) is 7.07. The zero-order valence-electron chi connectivity index (χ0n) is 20.9. The van der Waals surface area contributed by atoms with Gasteiger partial charge in [-0.15, -0.1) is 0 Å². The molecule has 0 aliphatic rings. The minimum absolute atomic E-state index is 0.162. The van der Waals surface area contributed by atoms with Crippen molar-refractivity contribution in [1.82, 2.24) is 0 Å². The maximum absolute atomic E-state index is 11.6. The first-order valence-corrected chi connectivity index (χ1v) is 12.2. The van der Waals surface area contributed by atoms with Gasteiger partial charge in [-0.25, -0.2) is 0 Å². The van der Waals surface area contributed by atoms with E-state index in [1.165, 1.54) is 0 Å². The Balaban J connectivity index is 3.21. The van der Waals surface area contributed by atoms with Gasteiger partial charge in [-0.3, -0.25) is 24.0 Å².